The van der Waals surface area contributed by atoms with Crippen molar-refractivity contribution >= 4 is 33.7 Å². The monoisotopic (exact) mass is 638 g/mol. The van der Waals surface area contributed by atoms with E-state index in [1.807, 2.05) is 42.2 Å². The first kappa shape index (κ1) is 31.4. The highest BCUT2D eigenvalue weighted by Gasteiger charge is 2.34. The lowest BCUT2D eigenvalue weighted by atomic mass is 9.89. The second-order valence-electron chi connectivity index (χ2n) is 13.8. The molecule has 11 nitrogen and oxygen atoms in total. The Balaban J connectivity index is 1.03. The van der Waals surface area contributed by atoms with Crippen molar-refractivity contribution in [2.45, 2.75) is 57.0 Å². The van der Waals surface area contributed by atoms with E-state index in [1.165, 1.54) is 12.8 Å². The number of piperazine rings is 1. The number of likely N-dealkylation sites (tertiary alicyclic amines) is 2. The summed E-state index contributed by atoms with van der Waals surface area (Å²) in [6.45, 7) is 8.39. The van der Waals surface area contributed by atoms with Crippen LogP contribution in [0.5, 0.6) is 0 Å². The largest absolute Gasteiger partial charge is 0.338 e. The van der Waals surface area contributed by atoms with Gasteiger partial charge in [-0.05, 0) is 93.4 Å². The summed E-state index contributed by atoms with van der Waals surface area (Å²) in [5.74, 6) is 0.0549. The molecule has 5 heterocycles. The molecular weight excluding hydrogens is 592 g/mol. The number of rotatable bonds is 6. The number of fused-ring (bicyclic) bond motifs is 2. The van der Waals surface area contributed by atoms with Gasteiger partial charge in [0.15, 0.2) is 0 Å². The van der Waals surface area contributed by atoms with Crippen LogP contribution >= 0.6 is 0 Å². The number of hydrogen-bond acceptors (Lipinski definition) is 6. The molecule has 11 heteroatoms. The van der Waals surface area contributed by atoms with Crippen LogP contribution in [0, 0.1) is 6.92 Å². The van der Waals surface area contributed by atoms with Gasteiger partial charge in [0, 0.05) is 68.2 Å². The Hall–Kier alpha value is -4.22. The third-order valence-corrected chi connectivity index (χ3v) is 10.7. The summed E-state index contributed by atoms with van der Waals surface area (Å²) in [6.07, 6.45) is 5.94. The van der Waals surface area contributed by atoms with E-state index in [9.17, 15) is 14.4 Å². The fraction of sp³-hybridized carbons (Fsp3) is 0.500. The molecule has 2 aromatic carbocycles. The molecule has 0 aliphatic carbocycles. The Labute approximate surface area is 275 Å². The highest BCUT2D eigenvalue weighted by atomic mass is 16.2. The third-order valence-electron chi connectivity index (χ3n) is 10.7. The average molecular weight is 639 g/mol. The molecule has 0 spiro atoms. The zero-order chi connectivity index (χ0) is 32.5. The molecule has 0 saturated carbocycles. The summed E-state index contributed by atoms with van der Waals surface area (Å²) in [4.78, 5) is 52.5. The van der Waals surface area contributed by atoms with Crippen molar-refractivity contribution in [2.24, 2.45) is 0 Å². The number of amides is 3. The quantitative estimate of drug-likeness (QED) is 0.298. The molecule has 3 fully saturated rings. The lowest BCUT2D eigenvalue weighted by Crippen LogP contribution is -2.59. The number of benzene rings is 2. The van der Waals surface area contributed by atoms with Gasteiger partial charge in [0.25, 0.3) is 5.56 Å². The van der Waals surface area contributed by atoms with Crippen molar-refractivity contribution < 1.29 is 9.59 Å². The van der Waals surface area contributed by atoms with Crippen LogP contribution in [-0.2, 0) is 11.2 Å². The van der Waals surface area contributed by atoms with Gasteiger partial charge >= 0.3 is 6.03 Å². The van der Waals surface area contributed by atoms with Gasteiger partial charge in [0.1, 0.15) is 6.04 Å². The van der Waals surface area contributed by atoms with E-state index in [4.69, 9.17) is 0 Å². The molecule has 4 aromatic rings. The smallest absolute Gasteiger partial charge is 0.318 e. The zero-order valence-electron chi connectivity index (χ0n) is 27.5. The molecule has 0 bridgehead atoms. The summed E-state index contributed by atoms with van der Waals surface area (Å²) >= 11 is 0. The zero-order valence-corrected chi connectivity index (χ0v) is 27.5. The van der Waals surface area contributed by atoms with E-state index < -0.39 is 6.04 Å². The number of piperidine rings is 2. The fourth-order valence-electron chi connectivity index (χ4n) is 7.86. The van der Waals surface area contributed by atoms with Gasteiger partial charge in [-0.3, -0.25) is 19.6 Å². The minimum absolute atomic E-state index is 0.0242. The van der Waals surface area contributed by atoms with Crippen LogP contribution in [0.1, 0.15) is 48.3 Å². The van der Waals surface area contributed by atoms with Crippen LogP contribution in [0.2, 0.25) is 0 Å². The Kier molecular flexibility index (Phi) is 9.00. The van der Waals surface area contributed by atoms with E-state index >= 15 is 0 Å². The summed E-state index contributed by atoms with van der Waals surface area (Å²) in [5.41, 5.74) is 4.59. The van der Waals surface area contributed by atoms with Gasteiger partial charge in [-0.2, -0.15) is 5.10 Å². The predicted octanol–water partition coefficient (Wildman–Crippen LogP) is 3.45. The second kappa shape index (κ2) is 13.5. The number of pyridine rings is 1. The number of urea groups is 1. The number of H-pyrrole nitrogens is 2. The average Bonchev–Trinajstić information content (AvgIpc) is 3.57. The maximum atomic E-state index is 14.1. The summed E-state index contributed by atoms with van der Waals surface area (Å²) in [5, 5.41) is 12.4. The first-order chi connectivity index (χ1) is 22.8. The van der Waals surface area contributed by atoms with Crippen molar-refractivity contribution in [3.63, 3.8) is 0 Å². The predicted molar refractivity (Wildman–Crippen MR) is 184 cm³/mol. The number of aryl methyl sites for hydroxylation is 1. The summed E-state index contributed by atoms with van der Waals surface area (Å²) in [7, 11) is 2.18. The first-order valence-corrected chi connectivity index (χ1v) is 17.1. The molecule has 0 radical (unpaired) electrons. The van der Waals surface area contributed by atoms with E-state index in [-0.39, 0.29) is 23.4 Å². The van der Waals surface area contributed by atoms with E-state index in [2.05, 4.69) is 49.5 Å². The lowest BCUT2D eigenvalue weighted by Gasteiger charge is -2.43. The number of carbonyl (C=O) groups excluding carboxylic acids is 2. The number of aromatic amines is 2. The molecule has 1 atom stereocenters. The van der Waals surface area contributed by atoms with Crippen LogP contribution in [0.25, 0.3) is 21.8 Å². The molecule has 248 valence electrons. The summed E-state index contributed by atoms with van der Waals surface area (Å²) < 4.78 is 0. The van der Waals surface area contributed by atoms with Crippen molar-refractivity contribution in [1.29, 1.82) is 0 Å². The molecular formula is C36H46N8O3. The highest BCUT2D eigenvalue weighted by molar-refractivity contribution is 5.88. The normalized spacial score (nSPS) is 19.8. The molecule has 7 rings (SSSR count). The molecule has 3 aliphatic heterocycles. The van der Waals surface area contributed by atoms with Crippen LogP contribution in [-0.4, -0.2) is 118 Å². The van der Waals surface area contributed by atoms with Crippen molar-refractivity contribution in [1.82, 2.24) is 40.1 Å². The van der Waals surface area contributed by atoms with Crippen LogP contribution in [0.15, 0.2) is 53.5 Å². The van der Waals surface area contributed by atoms with Gasteiger partial charge in [0.05, 0.1) is 11.7 Å². The van der Waals surface area contributed by atoms with E-state index in [0.29, 0.717) is 51.5 Å². The Morgan fingerprint density at radius 2 is 1.66 bits per heavy atom. The number of aromatic nitrogens is 3. The molecule has 47 heavy (non-hydrogen) atoms. The lowest BCUT2D eigenvalue weighted by molar-refractivity contribution is -0.135. The third kappa shape index (κ3) is 6.78. The van der Waals surface area contributed by atoms with Gasteiger partial charge < -0.3 is 25.0 Å². The van der Waals surface area contributed by atoms with Crippen molar-refractivity contribution in [3.8, 4) is 0 Å². The van der Waals surface area contributed by atoms with E-state index in [1.54, 1.807) is 11.1 Å². The standard InChI is InChI=1S/C36H46N8O3/c1-24-19-25(20-28-23-37-40-33(24)28)21-32(35(46)43-17-15-42(16-18-43)29-9-11-41(2)12-10-29)39-36(47)44-13-7-26(8-14-44)30-22-27-5-3-4-6-31(27)38-34(30)45/h3-6,19-20,22-23,26,29,32H,7-18,21H2,1-2H3,(H,37,40)(H,38,45)(H,39,47). The Morgan fingerprint density at radius 3 is 2.43 bits per heavy atom. The first-order valence-electron chi connectivity index (χ1n) is 17.1. The second-order valence-corrected chi connectivity index (χ2v) is 13.8. The Bertz CT molecular complexity index is 1790. The SMILES string of the molecule is Cc1cc(CC(NC(=O)N2CCC(c3cc4ccccc4[nH]c3=O)CC2)C(=O)N2CCN(C3CCN(C)CC3)CC2)cc2cn[nH]c12. The van der Waals surface area contributed by atoms with Gasteiger partial charge in [-0.1, -0.05) is 24.3 Å². The maximum absolute atomic E-state index is 14.1. The number of nitrogens with one attached hydrogen (secondary N) is 3. The molecule has 3 aliphatic rings. The van der Waals surface area contributed by atoms with Gasteiger partial charge in [-0.25, -0.2) is 4.79 Å². The minimum Gasteiger partial charge on any atom is -0.338 e. The maximum Gasteiger partial charge on any atom is 0.318 e. The molecule has 3 saturated heterocycles. The molecule has 2 aromatic heterocycles. The molecule has 3 amide bonds. The van der Waals surface area contributed by atoms with Crippen LogP contribution in [0.4, 0.5) is 4.79 Å². The van der Waals surface area contributed by atoms with Crippen LogP contribution < -0.4 is 10.9 Å². The minimum atomic E-state index is -0.679. The van der Waals surface area contributed by atoms with Gasteiger partial charge in [-0.15, -0.1) is 0 Å². The summed E-state index contributed by atoms with van der Waals surface area (Å²) in [6, 6.07) is 13.6. The van der Waals surface area contributed by atoms with Crippen molar-refractivity contribution in [3.05, 3.63) is 75.7 Å². The number of hydrogen-bond donors (Lipinski definition) is 3. The number of nitrogens with zero attached hydrogens (tertiary/aromatic N) is 5. The molecule has 1 unspecified atom stereocenters. The van der Waals surface area contributed by atoms with Gasteiger partial charge in [0.2, 0.25) is 5.91 Å². The number of carbonyl (C=O) groups is 2. The Morgan fingerprint density at radius 1 is 0.915 bits per heavy atom. The van der Waals surface area contributed by atoms with Crippen LogP contribution in [0.3, 0.4) is 0 Å². The topological polar surface area (TPSA) is 121 Å². The van der Waals surface area contributed by atoms with Crippen molar-refractivity contribution in [2.75, 3.05) is 59.4 Å². The highest BCUT2D eigenvalue weighted by Crippen LogP contribution is 2.28. The van der Waals surface area contributed by atoms with E-state index in [0.717, 1.165) is 64.7 Å². The molecule has 3 N–H and O–H groups in total. The fourth-order valence-corrected chi connectivity index (χ4v) is 7.86. The number of para-hydroxylation sites is 1.